The number of nitrogens with zero attached hydrogens (tertiary/aromatic N) is 1. The first-order valence-electron chi connectivity index (χ1n) is 7.77. The van der Waals surface area contributed by atoms with Gasteiger partial charge in [0, 0.05) is 19.1 Å². The Hall–Kier alpha value is -1.18. The van der Waals surface area contributed by atoms with Gasteiger partial charge in [0.2, 0.25) is 0 Å². The van der Waals surface area contributed by atoms with Crippen LogP contribution in [0.4, 0.5) is 11.4 Å². The van der Waals surface area contributed by atoms with Crippen LogP contribution >= 0.6 is 0 Å². The summed E-state index contributed by atoms with van der Waals surface area (Å²) in [6.45, 7) is 9.27. The van der Waals surface area contributed by atoms with E-state index in [1.54, 1.807) is 0 Å². The van der Waals surface area contributed by atoms with Gasteiger partial charge in [-0.25, -0.2) is 0 Å². The van der Waals surface area contributed by atoms with E-state index in [9.17, 15) is 0 Å². The van der Waals surface area contributed by atoms with Crippen molar-refractivity contribution in [1.29, 1.82) is 0 Å². The van der Waals surface area contributed by atoms with Gasteiger partial charge in [-0.1, -0.05) is 26.0 Å². The average molecular weight is 260 g/mol. The second kappa shape index (κ2) is 6.83. The molecule has 106 valence electrons. The molecule has 1 atom stereocenters. The van der Waals surface area contributed by atoms with E-state index in [2.05, 4.69) is 55.3 Å². The van der Waals surface area contributed by atoms with Gasteiger partial charge in [-0.15, -0.1) is 0 Å². The molecule has 0 aliphatic carbocycles. The number of hydrogen-bond acceptors (Lipinski definition) is 2. The van der Waals surface area contributed by atoms with Crippen molar-refractivity contribution in [2.24, 2.45) is 5.92 Å². The van der Waals surface area contributed by atoms with Crippen LogP contribution in [0.25, 0.3) is 0 Å². The van der Waals surface area contributed by atoms with Crippen LogP contribution in [0, 0.1) is 5.92 Å². The van der Waals surface area contributed by atoms with Crippen molar-refractivity contribution in [3.63, 3.8) is 0 Å². The molecule has 1 aliphatic rings. The molecule has 2 rings (SSSR count). The molecule has 1 N–H and O–H groups in total. The minimum absolute atomic E-state index is 0.533. The molecule has 0 radical (unpaired) electrons. The van der Waals surface area contributed by atoms with Crippen molar-refractivity contribution >= 4 is 11.4 Å². The number of nitrogens with one attached hydrogen (secondary N) is 1. The highest BCUT2D eigenvalue weighted by atomic mass is 15.1. The Morgan fingerprint density at radius 3 is 2.42 bits per heavy atom. The summed E-state index contributed by atoms with van der Waals surface area (Å²) in [7, 11) is 0. The van der Waals surface area contributed by atoms with Gasteiger partial charge in [-0.2, -0.15) is 0 Å². The molecule has 1 aliphatic heterocycles. The number of rotatable bonds is 5. The van der Waals surface area contributed by atoms with E-state index >= 15 is 0 Å². The van der Waals surface area contributed by atoms with E-state index in [1.807, 2.05) is 0 Å². The summed E-state index contributed by atoms with van der Waals surface area (Å²) in [5.74, 6) is 0.740. The van der Waals surface area contributed by atoms with Gasteiger partial charge in [-0.05, 0) is 50.7 Å². The Labute approximate surface area is 118 Å². The van der Waals surface area contributed by atoms with Crippen LogP contribution in [-0.2, 0) is 0 Å². The molecule has 1 heterocycles. The molecular formula is C17H28N2. The molecule has 0 bridgehead atoms. The second-order valence-corrected chi connectivity index (χ2v) is 6.24. The van der Waals surface area contributed by atoms with Crippen LogP contribution in [0.1, 0.15) is 46.5 Å². The molecule has 1 unspecified atom stereocenters. The van der Waals surface area contributed by atoms with Gasteiger partial charge in [0.1, 0.15) is 0 Å². The normalized spacial score (nSPS) is 17.6. The molecule has 1 fully saturated rings. The summed E-state index contributed by atoms with van der Waals surface area (Å²) < 4.78 is 0. The van der Waals surface area contributed by atoms with Crippen LogP contribution in [0.2, 0.25) is 0 Å². The molecule has 2 nitrogen and oxygen atoms in total. The summed E-state index contributed by atoms with van der Waals surface area (Å²) in [5.41, 5.74) is 2.69. The largest absolute Gasteiger partial charge is 0.381 e. The van der Waals surface area contributed by atoms with Crippen molar-refractivity contribution in [2.45, 2.75) is 52.5 Å². The van der Waals surface area contributed by atoms with Gasteiger partial charge >= 0.3 is 0 Å². The van der Waals surface area contributed by atoms with E-state index in [4.69, 9.17) is 0 Å². The fourth-order valence-electron chi connectivity index (χ4n) is 3.04. The number of piperidine rings is 1. The van der Waals surface area contributed by atoms with Crippen LogP contribution in [0.3, 0.4) is 0 Å². The first kappa shape index (κ1) is 14.2. The lowest BCUT2D eigenvalue weighted by molar-refractivity contribution is 0.539. The molecule has 0 amide bonds. The summed E-state index contributed by atoms with van der Waals surface area (Å²) in [6, 6.07) is 9.31. The zero-order valence-electron chi connectivity index (χ0n) is 12.7. The zero-order chi connectivity index (χ0) is 13.7. The summed E-state index contributed by atoms with van der Waals surface area (Å²) in [5, 5.41) is 3.70. The molecule has 0 spiro atoms. The molecule has 19 heavy (non-hydrogen) atoms. The number of benzene rings is 1. The fraction of sp³-hybridized carbons (Fsp3) is 0.647. The molecule has 0 aromatic heterocycles. The maximum absolute atomic E-state index is 3.70. The van der Waals surface area contributed by atoms with Gasteiger partial charge in [0.25, 0.3) is 0 Å². The first-order valence-corrected chi connectivity index (χ1v) is 7.77. The SMILES string of the molecule is CC(C)CC(C)Nc1ccccc1N1CCCCC1. The van der Waals surface area contributed by atoms with Crippen molar-refractivity contribution < 1.29 is 0 Å². The molecule has 0 saturated carbocycles. The highest BCUT2D eigenvalue weighted by molar-refractivity contribution is 5.70. The van der Waals surface area contributed by atoms with E-state index in [1.165, 1.54) is 50.1 Å². The third kappa shape index (κ3) is 4.15. The topological polar surface area (TPSA) is 15.3 Å². The van der Waals surface area contributed by atoms with Crippen molar-refractivity contribution in [2.75, 3.05) is 23.3 Å². The first-order chi connectivity index (χ1) is 9.16. The molecular weight excluding hydrogens is 232 g/mol. The predicted molar refractivity (Wildman–Crippen MR) is 85.0 cm³/mol. The van der Waals surface area contributed by atoms with Gasteiger partial charge < -0.3 is 10.2 Å². The van der Waals surface area contributed by atoms with Crippen LogP contribution in [0.5, 0.6) is 0 Å². The average Bonchev–Trinajstić information content (AvgIpc) is 2.39. The standard InChI is InChI=1S/C17H28N2/c1-14(2)13-15(3)18-16-9-5-6-10-17(16)19-11-7-4-8-12-19/h5-6,9-10,14-15,18H,4,7-8,11-13H2,1-3H3. The highest BCUT2D eigenvalue weighted by Crippen LogP contribution is 2.29. The Kier molecular flexibility index (Phi) is 5.12. The van der Waals surface area contributed by atoms with E-state index in [-0.39, 0.29) is 0 Å². The minimum Gasteiger partial charge on any atom is -0.381 e. The Morgan fingerprint density at radius 2 is 1.74 bits per heavy atom. The van der Waals surface area contributed by atoms with Crippen molar-refractivity contribution in [1.82, 2.24) is 0 Å². The quantitative estimate of drug-likeness (QED) is 0.837. The van der Waals surface area contributed by atoms with E-state index < -0.39 is 0 Å². The van der Waals surface area contributed by atoms with Gasteiger partial charge in [0.05, 0.1) is 11.4 Å². The van der Waals surface area contributed by atoms with Gasteiger partial charge in [0.15, 0.2) is 0 Å². The summed E-state index contributed by atoms with van der Waals surface area (Å²) in [6.07, 6.45) is 5.26. The minimum atomic E-state index is 0.533. The van der Waals surface area contributed by atoms with E-state index in [0.29, 0.717) is 6.04 Å². The second-order valence-electron chi connectivity index (χ2n) is 6.24. The van der Waals surface area contributed by atoms with Crippen molar-refractivity contribution in [3.8, 4) is 0 Å². The molecule has 1 saturated heterocycles. The summed E-state index contributed by atoms with van der Waals surface area (Å²) >= 11 is 0. The smallest absolute Gasteiger partial charge is 0.0602 e. The fourth-order valence-corrected chi connectivity index (χ4v) is 3.04. The van der Waals surface area contributed by atoms with Crippen LogP contribution < -0.4 is 10.2 Å². The third-order valence-electron chi connectivity index (χ3n) is 3.83. The van der Waals surface area contributed by atoms with Crippen molar-refractivity contribution in [3.05, 3.63) is 24.3 Å². The van der Waals surface area contributed by atoms with E-state index in [0.717, 1.165) is 5.92 Å². The lowest BCUT2D eigenvalue weighted by atomic mass is 10.0. The molecule has 1 aromatic carbocycles. The molecule has 1 aromatic rings. The highest BCUT2D eigenvalue weighted by Gasteiger charge is 2.15. The Balaban J connectivity index is 2.07. The number of anilines is 2. The van der Waals surface area contributed by atoms with Crippen LogP contribution in [-0.4, -0.2) is 19.1 Å². The number of para-hydroxylation sites is 2. The molecule has 2 heteroatoms. The lowest BCUT2D eigenvalue weighted by Crippen LogP contribution is -2.30. The Morgan fingerprint density at radius 1 is 1.05 bits per heavy atom. The summed E-state index contributed by atoms with van der Waals surface area (Å²) in [4.78, 5) is 2.54. The lowest BCUT2D eigenvalue weighted by Gasteiger charge is -2.31. The number of hydrogen-bond donors (Lipinski definition) is 1. The Bertz CT molecular complexity index is 381. The predicted octanol–water partition coefficient (Wildman–Crippen LogP) is 4.52. The van der Waals surface area contributed by atoms with Gasteiger partial charge in [-0.3, -0.25) is 0 Å². The third-order valence-corrected chi connectivity index (χ3v) is 3.83. The van der Waals surface area contributed by atoms with Crippen LogP contribution in [0.15, 0.2) is 24.3 Å². The monoisotopic (exact) mass is 260 g/mol. The maximum atomic E-state index is 3.70. The maximum Gasteiger partial charge on any atom is 0.0602 e. The zero-order valence-corrected chi connectivity index (χ0v) is 12.7.